The second-order valence-electron chi connectivity index (χ2n) is 7.74. The van der Waals surface area contributed by atoms with E-state index < -0.39 is 0 Å². The summed E-state index contributed by atoms with van der Waals surface area (Å²) in [6, 6.07) is 37.6. The van der Waals surface area contributed by atoms with Crippen LogP contribution in [0.5, 0.6) is 0 Å². The van der Waals surface area contributed by atoms with E-state index in [1.54, 1.807) is 0 Å². The van der Waals surface area contributed by atoms with Crippen molar-refractivity contribution in [3.8, 4) is 0 Å². The third-order valence-electron chi connectivity index (χ3n) is 6.14. The lowest BCUT2D eigenvalue weighted by molar-refractivity contribution is 0.137. The van der Waals surface area contributed by atoms with Crippen LogP contribution in [0.2, 0.25) is 0 Å². The lowest BCUT2D eigenvalue weighted by atomic mass is 9.74. The minimum atomic E-state index is -0.311. The van der Waals surface area contributed by atoms with Crippen LogP contribution < -0.4 is 5.32 Å². The Morgan fingerprint density at radius 1 is 0.552 bits per heavy atom. The van der Waals surface area contributed by atoms with Gasteiger partial charge in [0.1, 0.15) is 0 Å². The summed E-state index contributed by atoms with van der Waals surface area (Å²) in [5, 5.41) is 6.10. The molecule has 0 amide bonds. The van der Waals surface area contributed by atoms with Crippen molar-refractivity contribution in [2.24, 2.45) is 0 Å². The van der Waals surface area contributed by atoms with Crippen molar-refractivity contribution in [2.75, 3.05) is 26.2 Å². The summed E-state index contributed by atoms with van der Waals surface area (Å²) in [5.41, 5.74) is 3.66. The van der Waals surface area contributed by atoms with Crippen LogP contribution in [0.4, 0.5) is 0 Å². The zero-order valence-electron chi connectivity index (χ0n) is 16.6. The van der Waals surface area contributed by atoms with Crippen LogP contribution in [-0.4, -0.2) is 31.1 Å². The molecule has 0 unspecified atom stereocenters. The monoisotopic (exact) mass is 378 g/mol. The highest BCUT2D eigenvalue weighted by atomic mass is 15.2. The van der Waals surface area contributed by atoms with Crippen LogP contribution in [0.15, 0.2) is 103 Å². The lowest BCUT2D eigenvalue weighted by Crippen LogP contribution is -2.55. The molecule has 0 aromatic heterocycles. The van der Waals surface area contributed by atoms with Crippen LogP contribution in [-0.2, 0) is 5.54 Å². The van der Waals surface area contributed by atoms with E-state index in [0.717, 1.165) is 26.2 Å². The van der Waals surface area contributed by atoms with Gasteiger partial charge < -0.3 is 5.32 Å². The van der Waals surface area contributed by atoms with Crippen LogP contribution in [0, 0.1) is 0 Å². The van der Waals surface area contributed by atoms with Gasteiger partial charge in [-0.1, -0.05) is 97.1 Å². The molecule has 0 spiro atoms. The number of fused-ring (bicyclic) bond motifs is 1. The average molecular weight is 379 g/mol. The van der Waals surface area contributed by atoms with E-state index in [1.807, 2.05) is 0 Å². The molecule has 1 aliphatic heterocycles. The van der Waals surface area contributed by atoms with Gasteiger partial charge in [0.05, 0.1) is 5.54 Å². The molecule has 1 heterocycles. The third-order valence-corrected chi connectivity index (χ3v) is 6.14. The molecular weight excluding hydrogens is 352 g/mol. The van der Waals surface area contributed by atoms with Crippen molar-refractivity contribution < 1.29 is 0 Å². The first kappa shape index (κ1) is 18.1. The Balaban J connectivity index is 1.83. The molecule has 0 bridgehead atoms. The highest BCUT2D eigenvalue weighted by Gasteiger charge is 2.42. The number of hydrogen-bond acceptors (Lipinski definition) is 2. The fourth-order valence-corrected chi connectivity index (χ4v) is 4.82. The molecule has 1 aliphatic rings. The second kappa shape index (κ2) is 7.82. The molecular formula is C27H26N2. The van der Waals surface area contributed by atoms with E-state index in [2.05, 4.69) is 113 Å². The normalized spacial score (nSPS) is 15.4. The average Bonchev–Trinajstić information content (AvgIpc) is 2.82. The molecule has 1 saturated heterocycles. The summed E-state index contributed by atoms with van der Waals surface area (Å²) in [7, 11) is 0. The molecule has 5 rings (SSSR count). The molecule has 0 saturated carbocycles. The van der Waals surface area contributed by atoms with Gasteiger partial charge in [0.2, 0.25) is 0 Å². The topological polar surface area (TPSA) is 15.3 Å². The largest absolute Gasteiger partial charge is 0.314 e. The van der Waals surface area contributed by atoms with Gasteiger partial charge in [0.25, 0.3) is 0 Å². The maximum absolute atomic E-state index is 3.53. The Kier molecular flexibility index (Phi) is 4.89. The molecule has 0 atom stereocenters. The minimum absolute atomic E-state index is 0.311. The molecule has 144 valence electrons. The zero-order valence-corrected chi connectivity index (χ0v) is 16.6. The number of nitrogens with one attached hydrogen (secondary N) is 1. The lowest BCUT2D eigenvalue weighted by Gasteiger charge is -2.47. The van der Waals surface area contributed by atoms with Gasteiger partial charge in [-0.2, -0.15) is 0 Å². The number of piperazine rings is 1. The molecule has 29 heavy (non-hydrogen) atoms. The Morgan fingerprint density at radius 3 is 1.72 bits per heavy atom. The highest BCUT2D eigenvalue weighted by Crippen LogP contribution is 2.43. The Labute approximate surface area is 172 Å². The summed E-state index contributed by atoms with van der Waals surface area (Å²) in [4.78, 5) is 2.65. The summed E-state index contributed by atoms with van der Waals surface area (Å²) in [6.45, 7) is 4.04. The van der Waals surface area contributed by atoms with Gasteiger partial charge in [0.15, 0.2) is 0 Å². The van der Waals surface area contributed by atoms with Gasteiger partial charge in [-0.25, -0.2) is 0 Å². The standard InChI is InChI=1S/C27H26N2/c1-3-11-24(12-4-1)27(25-13-5-2-6-14-25,29-19-17-28-18-20-29)26-16-15-22-9-7-8-10-23(22)21-26/h1-16,21,28H,17-20H2. The number of nitrogens with zero attached hydrogens (tertiary/aromatic N) is 1. The molecule has 1 fully saturated rings. The van der Waals surface area contributed by atoms with Crippen LogP contribution in [0.25, 0.3) is 10.8 Å². The molecule has 0 radical (unpaired) electrons. The zero-order chi connectivity index (χ0) is 19.5. The van der Waals surface area contributed by atoms with E-state index >= 15 is 0 Å². The van der Waals surface area contributed by atoms with Gasteiger partial charge in [-0.3, -0.25) is 4.90 Å². The van der Waals surface area contributed by atoms with Crippen LogP contribution in [0.1, 0.15) is 16.7 Å². The van der Waals surface area contributed by atoms with Crippen molar-refractivity contribution in [3.63, 3.8) is 0 Å². The number of hydrogen-bond donors (Lipinski definition) is 1. The fourth-order valence-electron chi connectivity index (χ4n) is 4.82. The fraction of sp³-hybridized carbons (Fsp3) is 0.185. The molecule has 1 N–H and O–H groups in total. The van der Waals surface area contributed by atoms with Crippen molar-refractivity contribution >= 4 is 10.8 Å². The van der Waals surface area contributed by atoms with Crippen molar-refractivity contribution in [2.45, 2.75) is 5.54 Å². The first-order valence-corrected chi connectivity index (χ1v) is 10.4. The highest BCUT2D eigenvalue weighted by molar-refractivity contribution is 5.83. The van der Waals surface area contributed by atoms with Crippen LogP contribution in [0.3, 0.4) is 0 Å². The second-order valence-corrected chi connectivity index (χ2v) is 7.74. The maximum Gasteiger partial charge on any atom is 0.0974 e. The molecule has 4 aromatic carbocycles. The minimum Gasteiger partial charge on any atom is -0.314 e. The van der Waals surface area contributed by atoms with E-state index in [0.29, 0.717) is 0 Å². The summed E-state index contributed by atoms with van der Waals surface area (Å²) in [6.07, 6.45) is 0. The van der Waals surface area contributed by atoms with E-state index in [4.69, 9.17) is 0 Å². The predicted molar refractivity (Wildman–Crippen MR) is 121 cm³/mol. The maximum atomic E-state index is 3.53. The van der Waals surface area contributed by atoms with Crippen molar-refractivity contribution in [3.05, 3.63) is 120 Å². The van der Waals surface area contributed by atoms with Gasteiger partial charge in [-0.05, 0) is 33.5 Å². The molecule has 2 heteroatoms. The summed E-state index contributed by atoms with van der Waals surface area (Å²) in [5.74, 6) is 0. The SMILES string of the molecule is c1ccc(C(c2ccccc2)(c2ccc3ccccc3c2)N2CCNCC2)cc1. The molecule has 0 aliphatic carbocycles. The summed E-state index contributed by atoms with van der Waals surface area (Å²) >= 11 is 0. The van der Waals surface area contributed by atoms with Crippen molar-refractivity contribution in [1.82, 2.24) is 10.2 Å². The molecule has 2 nitrogen and oxygen atoms in total. The first-order valence-electron chi connectivity index (χ1n) is 10.4. The van der Waals surface area contributed by atoms with Gasteiger partial charge in [-0.15, -0.1) is 0 Å². The summed E-state index contributed by atoms with van der Waals surface area (Å²) < 4.78 is 0. The predicted octanol–water partition coefficient (Wildman–Crippen LogP) is 5.04. The Hall–Kier alpha value is -2.94. The van der Waals surface area contributed by atoms with Crippen LogP contribution >= 0.6 is 0 Å². The third kappa shape index (κ3) is 3.15. The van der Waals surface area contributed by atoms with Crippen molar-refractivity contribution in [1.29, 1.82) is 0 Å². The smallest absolute Gasteiger partial charge is 0.0974 e. The Morgan fingerprint density at radius 2 is 1.10 bits per heavy atom. The van der Waals surface area contributed by atoms with E-state index in [-0.39, 0.29) is 5.54 Å². The van der Waals surface area contributed by atoms with E-state index in [1.165, 1.54) is 27.5 Å². The quantitative estimate of drug-likeness (QED) is 0.501. The van der Waals surface area contributed by atoms with E-state index in [9.17, 15) is 0 Å². The molecule has 4 aromatic rings. The number of benzene rings is 4. The van der Waals surface area contributed by atoms with Gasteiger partial charge >= 0.3 is 0 Å². The first-order chi connectivity index (χ1) is 14.4. The Bertz CT molecular complexity index is 1040. The van der Waals surface area contributed by atoms with Gasteiger partial charge in [0, 0.05) is 26.2 Å². The number of rotatable bonds is 4.